The van der Waals surface area contributed by atoms with Gasteiger partial charge in [0, 0.05) is 22.3 Å². The molecule has 0 spiro atoms. The number of carbonyl (C=O) groups excluding carboxylic acids is 1. The van der Waals surface area contributed by atoms with Crippen LogP contribution in [0.2, 0.25) is 0 Å². The maximum Gasteiger partial charge on any atom is 0.319 e. The Kier molecular flexibility index (Phi) is 4.74. The van der Waals surface area contributed by atoms with Gasteiger partial charge in [0.1, 0.15) is 5.82 Å². The number of halogens is 2. The second kappa shape index (κ2) is 6.52. The number of carbonyl (C=O) groups is 1. The summed E-state index contributed by atoms with van der Waals surface area (Å²) >= 11 is 3.36. The van der Waals surface area contributed by atoms with Crippen molar-refractivity contribution in [2.45, 2.75) is 13.5 Å². The molecular formula is C15H14BrFN2O. The second-order valence-electron chi connectivity index (χ2n) is 4.36. The van der Waals surface area contributed by atoms with Crippen molar-refractivity contribution >= 4 is 27.6 Å². The molecule has 0 aliphatic carbocycles. The molecule has 3 nitrogen and oxygen atoms in total. The summed E-state index contributed by atoms with van der Waals surface area (Å²) in [4.78, 5) is 11.8. The van der Waals surface area contributed by atoms with Gasteiger partial charge >= 0.3 is 6.03 Å². The molecule has 5 heteroatoms. The van der Waals surface area contributed by atoms with Crippen molar-refractivity contribution in [3.05, 3.63) is 63.9 Å². The van der Waals surface area contributed by atoms with E-state index in [1.54, 1.807) is 18.2 Å². The number of urea groups is 1. The molecule has 0 fully saturated rings. The maximum atomic E-state index is 13.4. The highest BCUT2D eigenvalue weighted by Gasteiger charge is 2.06. The Morgan fingerprint density at radius 1 is 1.25 bits per heavy atom. The number of amides is 2. The highest BCUT2D eigenvalue weighted by atomic mass is 79.9. The molecule has 2 rings (SSSR count). The van der Waals surface area contributed by atoms with Crippen LogP contribution in [0.15, 0.2) is 46.9 Å². The van der Waals surface area contributed by atoms with Gasteiger partial charge in [-0.1, -0.05) is 34.1 Å². The highest BCUT2D eigenvalue weighted by Crippen LogP contribution is 2.19. The van der Waals surface area contributed by atoms with Crippen LogP contribution < -0.4 is 10.6 Å². The average molecular weight is 337 g/mol. The first-order valence-electron chi connectivity index (χ1n) is 6.10. The number of anilines is 1. The lowest BCUT2D eigenvalue weighted by Crippen LogP contribution is -2.28. The molecule has 0 atom stereocenters. The fourth-order valence-electron chi connectivity index (χ4n) is 1.75. The predicted octanol–water partition coefficient (Wildman–Crippen LogP) is 4.22. The summed E-state index contributed by atoms with van der Waals surface area (Å²) in [5.41, 5.74) is 2.12. The molecule has 0 radical (unpaired) electrons. The van der Waals surface area contributed by atoms with E-state index in [4.69, 9.17) is 0 Å². The van der Waals surface area contributed by atoms with Crippen molar-refractivity contribution in [1.82, 2.24) is 5.32 Å². The normalized spacial score (nSPS) is 10.2. The Bertz CT molecular complexity index is 631. The number of benzene rings is 2. The molecule has 2 aromatic rings. The summed E-state index contributed by atoms with van der Waals surface area (Å²) in [5, 5.41) is 5.36. The van der Waals surface area contributed by atoms with Crippen LogP contribution in [0.4, 0.5) is 14.9 Å². The lowest BCUT2D eigenvalue weighted by Gasteiger charge is -2.10. The van der Waals surface area contributed by atoms with E-state index in [1.165, 1.54) is 6.07 Å². The zero-order valence-corrected chi connectivity index (χ0v) is 12.5. The Morgan fingerprint density at radius 2 is 2.00 bits per heavy atom. The van der Waals surface area contributed by atoms with E-state index in [0.29, 0.717) is 5.56 Å². The predicted molar refractivity (Wildman–Crippen MR) is 81.1 cm³/mol. The number of nitrogens with one attached hydrogen (secondary N) is 2. The van der Waals surface area contributed by atoms with Crippen LogP contribution in [0.3, 0.4) is 0 Å². The van der Waals surface area contributed by atoms with E-state index in [0.717, 1.165) is 15.7 Å². The molecule has 0 aliphatic heterocycles. The van der Waals surface area contributed by atoms with Gasteiger partial charge in [0.05, 0.1) is 0 Å². The first-order chi connectivity index (χ1) is 9.56. The number of hydrogen-bond donors (Lipinski definition) is 2. The molecule has 0 aliphatic rings. The van der Waals surface area contributed by atoms with E-state index < -0.39 is 0 Å². The van der Waals surface area contributed by atoms with Crippen LogP contribution in [0, 0.1) is 12.7 Å². The number of aryl methyl sites for hydroxylation is 1. The zero-order chi connectivity index (χ0) is 14.5. The van der Waals surface area contributed by atoms with Crippen LogP contribution in [0.5, 0.6) is 0 Å². The maximum absolute atomic E-state index is 13.4. The molecule has 0 unspecified atom stereocenters. The summed E-state index contributed by atoms with van der Waals surface area (Å²) in [7, 11) is 0. The topological polar surface area (TPSA) is 41.1 Å². The van der Waals surface area contributed by atoms with Gasteiger partial charge < -0.3 is 10.6 Å². The molecule has 2 N–H and O–H groups in total. The van der Waals surface area contributed by atoms with Gasteiger partial charge in [0.2, 0.25) is 0 Å². The molecule has 0 saturated carbocycles. The third-order valence-electron chi connectivity index (χ3n) is 2.83. The van der Waals surface area contributed by atoms with Crippen LogP contribution >= 0.6 is 15.9 Å². The van der Waals surface area contributed by atoms with Gasteiger partial charge in [0.15, 0.2) is 0 Å². The van der Waals surface area contributed by atoms with Gasteiger partial charge in [-0.15, -0.1) is 0 Å². The van der Waals surface area contributed by atoms with Crippen LogP contribution in [0.1, 0.15) is 11.1 Å². The quantitative estimate of drug-likeness (QED) is 0.865. The molecule has 0 heterocycles. The molecule has 2 aromatic carbocycles. The van der Waals surface area contributed by atoms with E-state index in [-0.39, 0.29) is 18.4 Å². The average Bonchev–Trinajstić information content (AvgIpc) is 2.41. The molecule has 2 amide bonds. The van der Waals surface area contributed by atoms with Gasteiger partial charge in [-0.3, -0.25) is 0 Å². The van der Waals surface area contributed by atoms with Crippen LogP contribution in [0.25, 0.3) is 0 Å². The minimum Gasteiger partial charge on any atom is -0.334 e. The first-order valence-corrected chi connectivity index (χ1v) is 6.90. The molecule has 0 aromatic heterocycles. The van der Waals surface area contributed by atoms with Crippen molar-refractivity contribution < 1.29 is 9.18 Å². The van der Waals surface area contributed by atoms with E-state index in [1.807, 2.05) is 25.1 Å². The minimum atomic E-state index is -0.362. The fourth-order valence-corrected chi connectivity index (χ4v) is 2.23. The summed E-state index contributed by atoms with van der Waals surface area (Å²) < 4.78 is 14.3. The van der Waals surface area contributed by atoms with Crippen molar-refractivity contribution in [3.8, 4) is 0 Å². The fraction of sp³-hybridized carbons (Fsp3) is 0.133. The minimum absolute atomic E-state index is 0.147. The molecule has 0 bridgehead atoms. The highest BCUT2D eigenvalue weighted by molar-refractivity contribution is 9.10. The van der Waals surface area contributed by atoms with Gasteiger partial charge in [-0.25, -0.2) is 9.18 Å². The third-order valence-corrected chi connectivity index (χ3v) is 3.33. The molecule has 20 heavy (non-hydrogen) atoms. The van der Waals surface area contributed by atoms with Gasteiger partial charge in [-0.2, -0.15) is 0 Å². The van der Waals surface area contributed by atoms with Gasteiger partial charge in [0.25, 0.3) is 0 Å². The largest absolute Gasteiger partial charge is 0.334 e. The molecular weight excluding hydrogens is 323 g/mol. The Labute approximate surface area is 125 Å². The zero-order valence-electron chi connectivity index (χ0n) is 10.9. The van der Waals surface area contributed by atoms with Crippen molar-refractivity contribution in [3.63, 3.8) is 0 Å². The van der Waals surface area contributed by atoms with Crippen LogP contribution in [-0.2, 0) is 6.54 Å². The number of rotatable bonds is 3. The van der Waals surface area contributed by atoms with E-state index >= 15 is 0 Å². The SMILES string of the molecule is Cc1cc(Br)ccc1NC(=O)NCc1ccccc1F. The van der Waals surface area contributed by atoms with Gasteiger partial charge in [-0.05, 0) is 36.8 Å². The Balaban J connectivity index is 1.94. The smallest absolute Gasteiger partial charge is 0.319 e. The summed E-state index contributed by atoms with van der Waals surface area (Å²) in [6.45, 7) is 2.05. The number of hydrogen-bond acceptors (Lipinski definition) is 1. The lowest BCUT2D eigenvalue weighted by molar-refractivity contribution is 0.251. The van der Waals surface area contributed by atoms with E-state index in [2.05, 4.69) is 26.6 Å². The first kappa shape index (κ1) is 14.5. The third kappa shape index (κ3) is 3.81. The lowest BCUT2D eigenvalue weighted by atomic mass is 10.2. The monoisotopic (exact) mass is 336 g/mol. The molecule has 104 valence electrons. The summed E-state index contributed by atoms with van der Waals surface area (Å²) in [6, 6.07) is 11.6. The van der Waals surface area contributed by atoms with Crippen molar-refractivity contribution in [2.75, 3.05) is 5.32 Å². The second-order valence-corrected chi connectivity index (χ2v) is 5.27. The van der Waals surface area contributed by atoms with E-state index in [9.17, 15) is 9.18 Å². The Hall–Kier alpha value is -1.88. The van der Waals surface area contributed by atoms with Crippen molar-refractivity contribution in [1.29, 1.82) is 0 Å². The summed E-state index contributed by atoms with van der Waals surface area (Å²) in [5.74, 6) is -0.326. The Morgan fingerprint density at radius 3 is 2.70 bits per heavy atom. The standard InChI is InChI=1S/C15H14BrFN2O/c1-10-8-12(16)6-7-14(10)19-15(20)18-9-11-4-2-3-5-13(11)17/h2-8H,9H2,1H3,(H2,18,19,20). The van der Waals surface area contributed by atoms with Crippen LogP contribution in [-0.4, -0.2) is 6.03 Å². The molecule has 0 saturated heterocycles. The van der Waals surface area contributed by atoms with Crippen molar-refractivity contribution in [2.24, 2.45) is 0 Å². The summed E-state index contributed by atoms with van der Waals surface area (Å²) in [6.07, 6.45) is 0.